The molecule has 2 aromatic rings. The average molecular weight is 371 g/mol. The number of likely N-dealkylation sites (tertiary alicyclic amines) is 1. The molecular weight excluding hydrogens is 342 g/mol. The Balaban J connectivity index is 1.24. The average Bonchev–Trinajstić information content (AvgIpc) is 3.13. The molecule has 0 bridgehead atoms. The van der Waals surface area contributed by atoms with Crippen molar-refractivity contribution >= 4 is 5.69 Å². The summed E-state index contributed by atoms with van der Waals surface area (Å²) in [4.78, 5) is 11.9. The van der Waals surface area contributed by atoms with Crippen molar-refractivity contribution in [2.75, 3.05) is 51.3 Å². The van der Waals surface area contributed by atoms with Gasteiger partial charge in [0.1, 0.15) is 5.75 Å². The summed E-state index contributed by atoms with van der Waals surface area (Å²) in [5.74, 6) is 2.38. The van der Waals surface area contributed by atoms with Crippen molar-refractivity contribution in [2.45, 2.75) is 32.4 Å². The van der Waals surface area contributed by atoms with Gasteiger partial charge >= 0.3 is 0 Å². The highest BCUT2D eigenvalue weighted by atomic mass is 16.5. The molecule has 0 atom stereocenters. The molecule has 0 radical (unpaired) electrons. The molecule has 0 N–H and O–H groups in total. The van der Waals surface area contributed by atoms with Crippen LogP contribution in [0.3, 0.4) is 0 Å². The number of anilines is 1. The van der Waals surface area contributed by atoms with E-state index in [9.17, 15) is 0 Å². The van der Waals surface area contributed by atoms with Gasteiger partial charge in [-0.25, -0.2) is 0 Å². The zero-order chi connectivity index (χ0) is 18.6. The summed E-state index contributed by atoms with van der Waals surface area (Å²) in [6.07, 6.45) is 2.43. The Hall–Kier alpha value is -2.12. The van der Waals surface area contributed by atoms with Crippen molar-refractivity contribution in [1.82, 2.24) is 19.9 Å². The van der Waals surface area contributed by atoms with Crippen molar-refractivity contribution in [3.63, 3.8) is 0 Å². The normalized spacial score (nSPS) is 20.1. The van der Waals surface area contributed by atoms with Gasteiger partial charge in [-0.3, -0.25) is 9.80 Å². The Labute approximate surface area is 160 Å². The molecule has 1 aromatic carbocycles. The number of piperazine rings is 1. The first-order chi connectivity index (χ1) is 13.2. The molecule has 2 aliphatic rings. The largest absolute Gasteiger partial charge is 0.497 e. The second kappa shape index (κ2) is 8.27. The minimum absolute atomic E-state index is 0.693. The van der Waals surface area contributed by atoms with Crippen molar-refractivity contribution in [2.24, 2.45) is 0 Å². The van der Waals surface area contributed by atoms with Gasteiger partial charge in [0, 0.05) is 57.1 Å². The maximum Gasteiger partial charge on any atom is 0.240 e. The van der Waals surface area contributed by atoms with Crippen LogP contribution in [0, 0.1) is 6.92 Å². The lowest BCUT2D eigenvalue weighted by molar-refractivity contribution is 0.0939. The fourth-order valence-corrected chi connectivity index (χ4v) is 4.19. The highest BCUT2D eigenvalue weighted by Crippen LogP contribution is 2.24. The number of ether oxygens (including phenoxy) is 1. The molecule has 146 valence electrons. The van der Waals surface area contributed by atoms with Gasteiger partial charge in [0.05, 0.1) is 13.7 Å². The van der Waals surface area contributed by atoms with Gasteiger partial charge in [0.25, 0.3) is 0 Å². The Morgan fingerprint density at radius 3 is 2.56 bits per heavy atom. The van der Waals surface area contributed by atoms with Gasteiger partial charge in [0.2, 0.25) is 5.89 Å². The van der Waals surface area contributed by atoms with Crippen molar-refractivity contribution in [1.29, 1.82) is 0 Å². The summed E-state index contributed by atoms with van der Waals surface area (Å²) in [6, 6.07) is 9.08. The first kappa shape index (κ1) is 18.3. The van der Waals surface area contributed by atoms with Gasteiger partial charge in [-0.15, -0.1) is 0 Å². The van der Waals surface area contributed by atoms with Crippen LogP contribution < -0.4 is 9.64 Å². The molecule has 0 spiro atoms. The minimum Gasteiger partial charge on any atom is -0.497 e. The molecule has 7 nitrogen and oxygen atoms in total. The summed E-state index contributed by atoms with van der Waals surface area (Å²) < 4.78 is 10.6. The SMILES string of the molecule is COc1cccc(N2CCN(C3CCN(Cc4nc(C)no4)CC3)CC2)c1. The molecule has 1 aromatic heterocycles. The predicted molar refractivity (Wildman–Crippen MR) is 104 cm³/mol. The van der Waals surface area contributed by atoms with Crippen molar-refractivity contribution < 1.29 is 9.26 Å². The minimum atomic E-state index is 0.693. The van der Waals surface area contributed by atoms with Crippen LogP contribution in [0.15, 0.2) is 28.8 Å². The second-order valence-electron chi connectivity index (χ2n) is 7.47. The molecule has 3 heterocycles. The maximum atomic E-state index is 5.36. The van der Waals surface area contributed by atoms with E-state index >= 15 is 0 Å². The standard InChI is InChI=1S/C20H29N5O2/c1-16-21-20(27-22-16)15-23-8-6-17(7-9-23)24-10-12-25(13-11-24)18-4-3-5-19(14-18)26-2/h3-5,14,17H,6-13,15H2,1-2H3. The lowest BCUT2D eigenvalue weighted by Crippen LogP contribution is -2.53. The van der Waals surface area contributed by atoms with Crippen LogP contribution in [0.4, 0.5) is 5.69 Å². The molecule has 0 unspecified atom stereocenters. The van der Waals surface area contributed by atoms with Crippen LogP contribution in [-0.4, -0.2) is 72.4 Å². The smallest absolute Gasteiger partial charge is 0.240 e. The van der Waals surface area contributed by atoms with E-state index in [0.29, 0.717) is 11.9 Å². The number of nitrogens with zero attached hydrogens (tertiary/aromatic N) is 5. The molecular formula is C20H29N5O2. The fraction of sp³-hybridized carbons (Fsp3) is 0.600. The van der Waals surface area contributed by atoms with E-state index in [-0.39, 0.29) is 0 Å². The number of hydrogen-bond donors (Lipinski definition) is 0. The number of benzene rings is 1. The van der Waals surface area contributed by atoms with Gasteiger partial charge in [-0.05, 0) is 31.9 Å². The second-order valence-corrected chi connectivity index (χ2v) is 7.47. The van der Waals surface area contributed by atoms with Crippen LogP contribution in [-0.2, 0) is 6.54 Å². The summed E-state index contributed by atoms with van der Waals surface area (Å²) in [5.41, 5.74) is 1.26. The van der Waals surface area contributed by atoms with Crippen molar-refractivity contribution in [3.05, 3.63) is 36.0 Å². The third-order valence-electron chi connectivity index (χ3n) is 5.73. The summed E-state index contributed by atoms with van der Waals surface area (Å²) in [6.45, 7) is 9.25. The maximum absolute atomic E-state index is 5.36. The molecule has 0 aliphatic carbocycles. The van der Waals surface area contributed by atoms with E-state index in [4.69, 9.17) is 9.26 Å². The molecule has 2 aliphatic heterocycles. The van der Waals surface area contributed by atoms with E-state index in [1.807, 2.05) is 13.0 Å². The number of piperidine rings is 1. The molecule has 0 saturated carbocycles. The van der Waals surface area contributed by atoms with Gasteiger partial charge in [-0.1, -0.05) is 11.2 Å². The summed E-state index contributed by atoms with van der Waals surface area (Å²) in [7, 11) is 1.73. The van der Waals surface area contributed by atoms with Crippen LogP contribution in [0.5, 0.6) is 5.75 Å². The fourth-order valence-electron chi connectivity index (χ4n) is 4.19. The first-order valence-electron chi connectivity index (χ1n) is 9.86. The van der Waals surface area contributed by atoms with Crippen LogP contribution in [0.1, 0.15) is 24.6 Å². The molecule has 2 fully saturated rings. The highest BCUT2D eigenvalue weighted by molar-refractivity contribution is 5.51. The van der Waals surface area contributed by atoms with Crippen LogP contribution >= 0.6 is 0 Å². The van der Waals surface area contributed by atoms with E-state index in [1.54, 1.807) is 7.11 Å². The molecule has 0 amide bonds. The van der Waals surface area contributed by atoms with E-state index in [1.165, 1.54) is 18.5 Å². The number of aromatic nitrogens is 2. The number of methoxy groups -OCH3 is 1. The van der Waals surface area contributed by atoms with Crippen molar-refractivity contribution in [3.8, 4) is 5.75 Å². The summed E-state index contributed by atoms with van der Waals surface area (Å²) >= 11 is 0. The Kier molecular flexibility index (Phi) is 5.59. The monoisotopic (exact) mass is 371 g/mol. The molecule has 4 rings (SSSR count). The third-order valence-corrected chi connectivity index (χ3v) is 5.73. The van der Waals surface area contributed by atoms with Gasteiger partial charge in [0.15, 0.2) is 5.82 Å². The number of aryl methyl sites for hydroxylation is 1. The quantitative estimate of drug-likeness (QED) is 0.798. The Morgan fingerprint density at radius 2 is 1.89 bits per heavy atom. The molecule has 7 heteroatoms. The number of hydrogen-bond acceptors (Lipinski definition) is 7. The number of rotatable bonds is 5. The lowest BCUT2D eigenvalue weighted by atomic mass is 10.0. The van der Waals surface area contributed by atoms with E-state index in [0.717, 1.165) is 57.5 Å². The van der Waals surface area contributed by atoms with Crippen LogP contribution in [0.2, 0.25) is 0 Å². The highest BCUT2D eigenvalue weighted by Gasteiger charge is 2.28. The van der Waals surface area contributed by atoms with E-state index < -0.39 is 0 Å². The molecule has 2 saturated heterocycles. The van der Waals surface area contributed by atoms with Crippen LogP contribution in [0.25, 0.3) is 0 Å². The Morgan fingerprint density at radius 1 is 1.11 bits per heavy atom. The third kappa shape index (κ3) is 4.42. The zero-order valence-corrected chi connectivity index (χ0v) is 16.3. The Bertz CT molecular complexity index is 733. The topological polar surface area (TPSA) is 57.9 Å². The zero-order valence-electron chi connectivity index (χ0n) is 16.3. The predicted octanol–water partition coefficient (Wildman–Crippen LogP) is 2.17. The first-order valence-corrected chi connectivity index (χ1v) is 9.86. The van der Waals surface area contributed by atoms with E-state index in [2.05, 4.69) is 43.0 Å². The van der Waals surface area contributed by atoms with Gasteiger partial charge in [-0.2, -0.15) is 4.98 Å². The molecule has 27 heavy (non-hydrogen) atoms. The summed E-state index contributed by atoms with van der Waals surface area (Å²) in [5, 5.41) is 3.88. The van der Waals surface area contributed by atoms with Gasteiger partial charge < -0.3 is 14.2 Å². The lowest BCUT2D eigenvalue weighted by Gasteiger charge is -2.43.